The molecule has 1 aliphatic carbocycles. The molecule has 0 unspecified atom stereocenters. The van der Waals surface area contributed by atoms with Crippen LogP contribution in [0.4, 0.5) is 0 Å². The van der Waals surface area contributed by atoms with E-state index in [2.05, 4.69) is 27.3 Å². The van der Waals surface area contributed by atoms with Gasteiger partial charge in [-0.25, -0.2) is 4.98 Å². The molecule has 1 aliphatic heterocycles. The zero-order valence-corrected chi connectivity index (χ0v) is 18.8. The summed E-state index contributed by atoms with van der Waals surface area (Å²) in [6.45, 7) is 4.44. The summed E-state index contributed by atoms with van der Waals surface area (Å²) in [6.07, 6.45) is 8.57. The molecule has 1 saturated carbocycles. The zero-order valence-electron chi connectivity index (χ0n) is 18.0. The highest BCUT2D eigenvalue weighted by Gasteiger charge is 2.23. The van der Waals surface area contributed by atoms with Gasteiger partial charge in [0.15, 0.2) is 0 Å². The maximum atomic E-state index is 12.6. The monoisotopic (exact) mass is 427 g/mol. The van der Waals surface area contributed by atoms with Crippen molar-refractivity contribution < 1.29 is 9.53 Å². The van der Waals surface area contributed by atoms with Gasteiger partial charge in [-0.3, -0.25) is 9.69 Å². The summed E-state index contributed by atoms with van der Waals surface area (Å²) < 4.78 is 5.23. The van der Waals surface area contributed by atoms with Crippen LogP contribution < -0.4 is 4.74 Å². The van der Waals surface area contributed by atoms with E-state index in [-0.39, 0.29) is 0 Å². The Bertz CT molecular complexity index is 806. The van der Waals surface area contributed by atoms with E-state index in [0.29, 0.717) is 5.91 Å². The fourth-order valence-corrected chi connectivity index (χ4v) is 5.43. The number of aromatic nitrogens is 1. The van der Waals surface area contributed by atoms with Crippen LogP contribution in [-0.4, -0.2) is 54.0 Å². The molecule has 5 nitrogen and oxygen atoms in total. The van der Waals surface area contributed by atoms with Crippen LogP contribution in [0.5, 0.6) is 5.75 Å². The Morgan fingerprint density at radius 1 is 1.10 bits per heavy atom. The molecule has 1 aromatic carbocycles. The molecule has 2 aliphatic rings. The molecule has 0 bridgehead atoms. The Labute approximate surface area is 184 Å². The van der Waals surface area contributed by atoms with Gasteiger partial charge in [-0.2, -0.15) is 0 Å². The standard InChI is InChI=1S/C24H33N3O2S/c1-29-21-10-8-20(9-11-21)22-18-30-23(25-22)17-26-13-15-27(16-14-26)24(28)12-7-19-5-3-2-4-6-19/h8-11,18-19H,2-7,12-17H2,1H3. The van der Waals surface area contributed by atoms with Gasteiger partial charge < -0.3 is 9.64 Å². The number of amides is 1. The van der Waals surface area contributed by atoms with Crippen LogP contribution in [0.3, 0.4) is 0 Å². The number of piperazine rings is 1. The number of benzene rings is 1. The first-order valence-electron chi connectivity index (χ1n) is 11.3. The lowest BCUT2D eigenvalue weighted by Gasteiger charge is -2.34. The Kier molecular flexibility index (Phi) is 7.39. The summed E-state index contributed by atoms with van der Waals surface area (Å²) in [5, 5.41) is 3.26. The van der Waals surface area contributed by atoms with Crippen molar-refractivity contribution in [3.63, 3.8) is 0 Å². The fourth-order valence-electron chi connectivity index (χ4n) is 4.59. The van der Waals surface area contributed by atoms with E-state index in [1.165, 1.54) is 32.1 Å². The maximum absolute atomic E-state index is 12.6. The largest absolute Gasteiger partial charge is 0.497 e. The van der Waals surface area contributed by atoms with Crippen molar-refractivity contribution >= 4 is 17.2 Å². The van der Waals surface area contributed by atoms with Crippen LogP contribution in [0, 0.1) is 5.92 Å². The van der Waals surface area contributed by atoms with Crippen molar-refractivity contribution in [1.29, 1.82) is 0 Å². The molecule has 4 rings (SSSR count). The third-order valence-corrected chi connectivity index (χ3v) is 7.35. The second kappa shape index (κ2) is 10.4. The third kappa shape index (κ3) is 5.61. The van der Waals surface area contributed by atoms with Gasteiger partial charge in [0.25, 0.3) is 0 Å². The number of nitrogens with zero attached hydrogens (tertiary/aromatic N) is 3. The first-order valence-corrected chi connectivity index (χ1v) is 12.2. The molecule has 0 atom stereocenters. The molecular weight excluding hydrogens is 394 g/mol. The van der Waals surface area contributed by atoms with E-state index in [4.69, 9.17) is 9.72 Å². The molecule has 2 heterocycles. The summed E-state index contributed by atoms with van der Waals surface area (Å²) >= 11 is 1.71. The van der Waals surface area contributed by atoms with Crippen molar-refractivity contribution in [3.8, 4) is 17.0 Å². The Hall–Kier alpha value is -1.92. The fraction of sp³-hybridized carbons (Fsp3) is 0.583. The molecule has 30 heavy (non-hydrogen) atoms. The van der Waals surface area contributed by atoms with E-state index in [1.54, 1.807) is 18.4 Å². The third-order valence-electron chi connectivity index (χ3n) is 6.51. The zero-order chi connectivity index (χ0) is 20.8. The maximum Gasteiger partial charge on any atom is 0.222 e. The molecule has 1 saturated heterocycles. The van der Waals surface area contributed by atoms with Gasteiger partial charge in [0.05, 0.1) is 19.3 Å². The summed E-state index contributed by atoms with van der Waals surface area (Å²) in [5.74, 6) is 2.01. The molecule has 1 aromatic heterocycles. The van der Waals surface area contributed by atoms with Gasteiger partial charge in [-0.05, 0) is 36.6 Å². The van der Waals surface area contributed by atoms with Crippen molar-refractivity contribution in [3.05, 3.63) is 34.7 Å². The average Bonchev–Trinajstić information content (AvgIpc) is 3.27. The minimum atomic E-state index is 0.358. The van der Waals surface area contributed by atoms with Gasteiger partial charge in [0.2, 0.25) is 5.91 Å². The molecular formula is C24H33N3O2S. The highest BCUT2D eigenvalue weighted by Crippen LogP contribution is 2.28. The van der Waals surface area contributed by atoms with Crippen molar-refractivity contribution in [1.82, 2.24) is 14.8 Å². The summed E-state index contributed by atoms with van der Waals surface area (Å²) in [6, 6.07) is 8.04. The lowest BCUT2D eigenvalue weighted by Crippen LogP contribution is -2.48. The Morgan fingerprint density at radius 2 is 1.83 bits per heavy atom. The molecule has 0 spiro atoms. The predicted molar refractivity (Wildman–Crippen MR) is 122 cm³/mol. The number of ether oxygens (including phenoxy) is 1. The van der Waals surface area contributed by atoms with E-state index < -0.39 is 0 Å². The van der Waals surface area contributed by atoms with Crippen LogP contribution in [0.15, 0.2) is 29.6 Å². The molecule has 2 fully saturated rings. The summed E-state index contributed by atoms with van der Waals surface area (Å²) in [4.78, 5) is 21.9. The first kappa shape index (κ1) is 21.3. The summed E-state index contributed by atoms with van der Waals surface area (Å²) in [5.41, 5.74) is 2.14. The minimum Gasteiger partial charge on any atom is -0.497 e. The van der Waals surface area contributed by atoms with Crippen LogP contribution >= 0.6 is 11.3 Å². The average molecular weight is 428 g/mol. The first-order chi connectivity index (χ1) is 14.7. The van der Waals surface area contributed by atoms with E-state index in [0.717, 1.165) is 73.5 Å². The van der Waals surface area contributed by atoms with Crippen LogP contribution in [0.2, 0.25) is 0 Å². The number of hydrogen-bond donors (Lipinski definition) is 0. The van der Waals surface area contributed by atoms with Gasteiger partial charge in [0.1, 0.15) is 10.8 Å². The van der Waals surface area contributed by atoms with Crippen LogP contribution in [0.25, 0.3) is 11.3 Å². The quantitative estimate of drug-likeness (QED) is 0.635. The lowest BCUT2D eigenvalue weighted by molar-refractivity contribution is -0.133. The highest BCUT2D eigenvalue weighted by atomic mass is 32.1. The predicted octanol–water partition coefficient (Wildman–Crippen LogP) is 4.82. The smallest absolute Gasteiger partial charge is 0.222 e. The molecule has 2 aromatic rings. The number of thiazole rings is 1. The van der Waals surface area contributed by atoms with Crippen molar-refractivity contribution in [2.75, 3.05) is 33.3 Å². The molecule has 0 N–H and O–H groups in total. The number of carbonyl (C=O) groups is 1. The number of rotatable bonds is 7. The topological polar surface area (TPSA) is 45.7 Å². The van der Waals surface area contributed by atoms with Crippen molar-refractivity contribution in [2.45, 2.75) is 51.5 Å². The SMILES string of the molecule is COc1ccc(-c2csc(CN3CCN(C(=O)CCC4CCCCC4)CC3)n2)cc1. The van der Waals surface area contributed by atoms with E-state index in [9.17, 15) is 4.79 Å². The van der Waals surface area contributed by atoms with Gasteiger partial charge in [-0.1, -0.05) is 32.1 Å². The summed E-state index contributed by atoms with van der Waals surface area (Å²) in [7, 11) is 1.68. The molecule has 6 heteroatoms. The van der Waals surface area contributed by atoms with Gasteiger partial charge >= 0.3 is 0 Å². The molecule has 1 amide bonds. The van der Waals surface area contributed by atoms with Gasteiger partial charge in [-0.15, -0.1) is 11.3 Å². The van der Waals surface area contributed by atoms with Gasteiger partial charge in [0, 0.05) is 43.5 Å². The highest BCUT2D eigenvalue weighted by molar-refractivity contribution is 7.09. The number of methoxy groups -OCH3 is 1. The second-order valence-corrected chi connectivity index (χ2v) is 9.50. The number of hydrogen-bond acceptors (Lipinski definition) is 5. The van der Waals surface area contributed by atoms with Crippen LogP contribution in [0.1, 0.15) is 50.0 Å². The van der Waals surface area contributed by atoms with E-state index >= 15 is 0 Å². The Morgan fingerprint density at radius 3 is 2.53 bits per heavy atom. The molecule has 162 valence electrons. The van der Waals surface area contributed by atoms with Crippen molar-refractivity contribution in [2.24, 2.45) is 5.92 Å². The number of carbonyl (C=O) groups excluding carboxylic acids is 1. The van der Waals surface area contributed by atoms with Crippen LogP contribution in [-0.2, 0) is 11.3 Å². The second-order valence-electron chi connectivity index (χ2n) is 8.55. The normalized spacial score (nSPS) is 18.5. The Balaban J connectivity index is 1.22. The molecule has 0 radical (unpaired) electrons. The minimum absolute atomic E-state index is 0.358. The lowest BCUT2D eigenvalue weighted by atomic mass is 9.86. The van der Waals surface area contributed by atoms with E-state index in [1.807, 2.05) is 12.1 Å².